The fourth-order valence-corrected chi connectivity index (χ4v) is 1.97. The van der Waals surface area contributed by atoms with E-state index in [2.05, 4.69) is 4.98 Å². The molecule has 1 aromatic heterocycles. The Morgan fingerprint density at radius 1 is 1.35 bits per heavy atom. The Kier molecular flexibility index (Phi) is 3.71. The molecule has 1 unspecified atom stereocenters. The van der Waals surface area contributed by atoms with Gasteiger partial charge in [-0.15, -0.1) is 0 Å². The lowest BCUT2D eigenvalue weighted by molar-refractivity contribution is 0.622. The predicted molar refractivity (Wildman–Crippen MR) is 66.3 cm³/mol. The zero-order chi connectivity index (χ0) is 12.3. The molecular weight excluding hydrogens is 239 g/mol. The molecule has 2 aromatic rings. The molecule has 0 saturated heterocycles. The number of aromatic nitrogens is 1. The summed E-state index contributed by atoms with van der Waals surface area (Å²) >= 11 is 6.00. The maximum absolute atomic E-state index is 13.0. The van der Waals surface area contributed by atoms with Crippen LogP contribution in [0, 0.1) is 5.82 Å². The summed E-state index contributed by atoms with van der Waals surface area (Å²) < 4.78 is 13.0. The van der Waals surface area contributed by atoms with E-state index in [0.29, 0.717) is 11.4 Å². The maximum Gasteiger partial charge on any atom is 0.123 e. The minimum atomic E-state index is -0.257. The molecule has 0 aliphatic heterocycles. The van der Waals surface area contributed by atoms with Crippen LogP contribution in [0.4, 0.5) is 4.39 Å². The molecule has 0 radical (unpaired) electrons. The van der Waals surface area contributed by atoms with Gasteiger partial charge in [-0.2, -0.15) is 0 Å². The van der Waals surface area contributed by atoms with Crippen molar-refractivity contribution >= 4 is 11.6 Å². The SMILES string of the molecule is NC(Cc1cccc(F)c1)c1ccncc1Cl. The van der Waals surface area contributed by atoms with Crippen molar-refractivity contribution in [3.05, 3.63) is 64.7 Å². The summed E-state index contributed by atoms with van der Waals surface area (Å²) in [6, 6.07) is 7.94. The maximum atomic E-state index is 13.0. The number of halogens is 2. The third kappa shape index (κ3) is 3.02. The lowest BCUT2D eigenvalue weighted by Gasteiger charge is -2.13. The average molecular weight is 251 g/mol. The molecule has 1 aromatic carbocycles. The molecular formula is C13H12ClFN2. The Labute approximate surface area is 104 Å². The van der Waals surface area contributed by atoms with Gasteiger partial charge in [-0.3, -0.25) is 4.98 Å². The molecule has 1 heterocycles. The predicted octanol–water partition coefficient (Wildman–Crippen LogP) is 3.12. The van der Waals surface area contributed by atoms with Crippen molar-refractivity contribution in [2.45, 2.75) is 12.5 Å². The Morgan fingerprint density at radius 2 is 2.18 bits per heavy atom. The molecule has 1 atom stereocenters. The van der Waals surface area contributed by atoms with Crippen LogP contribution in [-0.4, -0.2) is 4.98 Å². The molecule has 2 nitrogen and oxygen atoms in total. The molecule has 2 rings (SSSR count). The first-order chi connectivity index (χ1) is 8.16. The van der Waals surface area contributed by atoms with Crippen molar-refractivity contribution in [3.63, 3.8) is 0 Å². The molecule has 0 spiro atoms. The van der Waals surface area contributed by atoms with E-state index in [1.807, 2.05) is 6.07 Å². The number of hydrogen-bond donors (Lipinski definition) is 1. The summed E-state index contributed by atoms with van der Waals surface area (Å²) in [6.07, 6.45) is 3.75. The van der Waals surface area contributed by atoms with Crippen LogP contribution in [0.15, 0.2) is 42.7 Å². The Balaban J connectivity index is 2.17. The van der Waals surface area contributed by atoms with Gasteiger partial charge < -0.3 is 5.73 Å². The fraction of sp³-hybridized carbons (Fsp3) is 0.154. The van der Waals surface area contributed by atoms with Crippen molar-refractivity contribution < 1.29 is 4.39 Å². The van der Waals surface area contributed by atoms with Gasteiger partial charge in [-0.25, -0.2) is 4.39 Å². The first-order valence-corrected chi connectivity index (χ1v) is 5.64. The van der Waals surface area contributed by atoms with Crippen molar-refractivity contribution in [1.29, 1.82) is 0 Å². The third-order valence-corrected chi connectivity index (χ3v) is 2.86. The molecule has 4 heteroatoms. The van der Waals surface area contributed by atoms with Crippen LogP contribution in [0.3, 0.4) is 0 Å². The molecule has 2 N–H and O–H groups in total. The summed E-state index contributed by atoms with van der Waals surface area (Å²) in [5.74, 6) is -0.254. The lowest BCUT2D eigenvalue weighted by atomic mass is 10.0. The van der Waals surface area contributed by atoms with E-state index < -0.39 is 0 Å². The molecule has 88 valence electrons. The van der Waals surface area contributed by atoms with Gasteiger partial charge in [0, 0.05) is 18.4 Å². The van der Waals surface area contributed by atoms with Gasteiger partial charge in [0.2, 0.25) is 0 Å². The van der Waals surface area contributed by atoms with E-state index in [9.17, 15) is 4.39 Å². The van der Waals surface area contributed by atoms with Gasteiger partial charge in [0.25, 0.3) is 0 Å². The van der Waals surface area contributed by atoms with Crippen molar-refractivity contribution in [3.8, 4) is 0 Å². The van der Waals surface area contributed by atoms with Gasteiger partial charge in [0.05, 0.1) is 5.02 Å². The average Bonchev–Trinajstić information content (AvgIpc) is 2.29. The van der Waals surface area contributed by atoms with Crippen LogP contribution in [0.1, 0.15) is 17.2 Å². The Hall–Kier alpha value is -1.45. The minimum absolute atomic E-state index is 0.254. The molecule has 0 aliphatic rings. The van der Waals surface area contributed by atoms with E-state index in [1.54, 1.807) is 24.5 Å². The second-order valence-corrected chi connectivity index (χ2v) is 4.24. The van der Waals surface area contributed by atoms with Crippen molar-refractivity contribution in [2.24, 2.45) is 5.73 Å². The van der Waals surface area contributed by atoms with E-state index in [4.69, 9.17) is 17.3 Å². The van der Waals surface area contributed by atoms with Crippen LogP contribution < -0.4 is 5.73 Å². The smallest absolute Gasteiger partial charge is 0.123 e. The summed E-state index contributed by atoms with van der Waals surface area (Å²) in [5, 5.41) is 0.538. The first kappa shape index (κ1) is 12.0. The Bertz CT molecular complexity index is 516. The van der Waals surface area contributed by atoms with Gasteiger partial charge in [-0.05, 0) is 35.7 Å². The normalized spacial score (nSPS) is 12.4. The van der Waals surface area contributed by atoms with Crippen molar-refractivity contribution in [2.75, 3.05) is 0 Å². The topological polar surface area (TPSA) is 38.9 Å². The van der Waals surface area contributed by atoms with Crippen molar-refractivity contribution in [1.82, 2.24) is 4.98 Å². The van der Waals surface area contributed by atoms with Gasteiger partial charge >= 0.3 is 0 Å². The summed E-state index contributed by atoms with van der Waals surface area (Å²) in [7, 11) is 0. The molecule has 0 saturated carbocycles. The summed E-state index contributed by atoms with van der Waals surface area (Å²) in [5.41, 5.74) is 7.72. The largest absolute Gasteiger partial charge is 0.324 e. The standard InChI is InChI=1S/C13H12ClFN2/c14-12-8-17-5-4-11(12)13(16)7-9-2-1-3-10(15)6-9/h1-6,8,13H,7,16H2. The highest BCUT2D eigenvalue weighted by Crippen LogP contribution is 2.23. The highest BCUT2D eigenvalue weighted by atomic mass is 35.5. The molecule has 0 bridgehead atoms. The van der Waals surface area contributed by atoms with E-state index in [0.717, 1.165) is 11.1 Å². The number of rotatable bonds is 3. The van der Waals surface area contributed by atoms with Gasteiger partial charge in [0.15, 0.2) is 0 Å². The van der Waals surface area contributed by atoms with Crippen LogP contribution in [0.2, 0.25) is 5.02 Å². The highest BCUT2D eigenvalue weighted by molar-refractivity contribution is 6.31. The lowest BCUT2D eigenvalue weighted by Crippen LogP contribution is -2.14. The monoisotopic (exact) mass is 250 g/mol. The number of pyridine rings is 1. The van der Waals surface area contributed by atoms with Crippen LogP contribution in [0.25, 0.3) is 0 Å². The number of nitrogens with zero attached hydrogens (tertiary/aromatic N) is 1. The molecule has 0 amide bonds. The second kappa shape index (κ2) is 5.25. The van der Waals surface area contributed by atoms with Crippen LogP contribution in [-0.2, 0) is 6.42 Å². The van der Waals surface area contributed by atoms with Crippen LogP contribution >= 0.6 is 11.6 Å². The van der Waals surface area contributed by atoms with Gasteiger partial charge in [0.1, 0.15) is 5.82 Å². The van der Waals surface area contributed by atoms with Gasteiger partial charge in [-0.1, -0.05) is 23.7 Å². The van der Waals surface area contributed by atoms with E-state index in [1.165, 1.54) is 12.1 Å². The number of benzene rings is 1. The van der Waals surface area contributed by atoms with E-state index in [-0.39, 0.29) is 11.9 Å². The Morgan fingerprint density at radius 3 is 2.88 bits per heavy atom. The van der Waals surface area contributed by atoms with Crippen LogP contribution in [0.5, 0.6) is 0 Å². The zero-order valence-corrected chi connectivity index (χ0v) is 9.86. The fourth-order valence-electron chi connectivity index (χ4n) is 1.71. The molecule has 0 aliphatic carbocycles. The first-order valence-electron chi connectivity index (χ1n) is 5.26. The number of hydrogen-bond acceptors (Lipinski definition) is 2. The summed E-state index contributed by atoms with van der Waals surface area (Å²) in [6.45, 7) is 0. The van der Waals surface area contributed by atoms with E-state index >= 15 is 0 Å². The molecule has 0 fully saturated rings. The zero-order valence-electron chi connectivity index (χ0n) is 9.11. The highest BCUT2D eigenvalue weighted by Gasteiger charge is 2.10. The summed E-state index contributed by atoms with van der Waals surface area (Å²) in [4.78, 5) is 3.90. The molecule has 17 heavy (non-hydrogen) atoms. The second-order valence-electron chi connectivity index (χ2n) is 3.84. The third-order valence-electron chi connectivity index (χ3n) is 2.55. The minimum Gasteiger partial charge on any atom is -0.324 e. The quantitative estimate of drug-likeness (QED) is 0.909. The number of nitrogens with two attached hydrogens (primary N) is 1.